The molecule has 11 heteroatoms. The Hall–Kier alpha value is -3.24. The first-order valence-electron chi connectivity index (χ1n) is 7.13. The maximum Gasteiger partial charge on any atom is 0.433 e. The van der Waals surface area contributed by atoms with Crippen LogP contribution in [-0.4, -0.2) is 41.8 Å². The van der Waals surface area contributed by atoms with Crippen molar-refractivity contribution >= 4 is 23.4 Å². The Balaban J connectivity index is 2.38. The summed E-state index contributed by atoms with van der Waals surface area (Å²) in [7, 11) is 2.86. The Labute approximate surface area is 146 Å². The molecule has 0 aliphatic rings. The molecular weight excluding hydrogens is 357 g/mol. The molecule has 0 saturated carbocycles. The van der Waals surface area contributed by atoms with Gasteiger partial charge in [0.2, 0.25) is 5.95 Å². The number of carboxylic acid groups (broad SMARTS) is 1. The second-order valence-corrected chi connectivity index (χ2v) is 4.93. The van der Waals surface area contributed by atoms with E-state index in [1.807, 2.05) is 0 Å². The highest BCUT2D eigenvalue weighted by atomic mass is 19.4. The lowest BCUT2D eigenvalue weighted by atomic mass is 10.2. The molecule has 0 bridgehead atoms. The van der Waals surface area contributed by atoms with Crippen LogP contribution < -0.4 is 20.1 Å². The first-order chi connectivity index (χ1) is 12.2. The number of benzene rings is 1. The lowest BCUT2D eigenvalue weighted by Crippen LogP contribution is -2.17. The van der Waals surface area contributed by atoms with E-state index in [1.165, 1.54) is 26.4 Å². The third kappa shape index (κ3) is 5.13. The van der Waals surface area contributed by atoms with Gasteiger partial charge in [0.25, 0.3) is 0 Å². The van der Waals surface area contributed by atoms with Crippen molar-refractivity contribution < 1.29 is 32.5 Å². The van der Waals surface area contributed by atoms with Gasteiger partial charge in [0, 0.05) is 30.0 Å². The molecule has 0 unspecified atom stereocenters. The van der Waals surface area contributed by atoms with E-state index in [0.717, 1.165) is 0 Å². The van der Waals surface area contributed by atoms with Crippen LogP contribution in [0.1, 0.15) is 5.69 Å². The summed E-state index contributed by atoms with van der Waals surface area (Å²) in [6.45, 7) is -0.631. The van der Waals surface area contributed by atoms with Crippen molar-refractivity contribution in [3.8, 4) is 11.5 Å². The fraction of sp³-hybridized carbons (Fsp3) is 0.267. The predicted octanol–water partition coefficient (Wildman–Crippen LogP) is 2.75. The summed E-state index contributed by atoms with van der Waals surface area (Å²) in [6, 6.07) is 5.36. The second kappa shape index (κ2) is 7.76. The van der Waals surface area contributed by atoms with E-state index in [9.17, 15) is 18.0 Å². The molecule has 2 aromatic rings. The number of methoxy groups -OCH3 is 2. The number of carboxylic acids is 1. The van der Waals surface area contributed by atoms with Crippen molar-refractivity contribution in [2.24, 2.45) is 0 Å². The number of aromatic nitrogens is 2. The van der Waals surface area contributed by atoms with Crippen molar-refractivity contribution in [3.63, 3.8) is 0 Å². The van der Waals surface area contributed by atoms with Crippen molar-refractivity contribution in [2.45, 2.75) is 6.18 Å². The number of nitrogens with one attached hydrogen (secondary N) is 2. The number of hydrogen-bond acceptors (Lipinski definition) is 7. The molecule has 0 fully saturated rings. The molecule has 26 heavy (non-hydrogen) atoms. The minimum Gasteiger partial charge on any atom is -0.497 e. The molecule has 8 nitrogen and oxygen atoms in total. The lowest BCUT2D eigenvalue weighted by molar-refractivity contribution is -0.141. The number of carbonyl (C=O) groups is 1. The smallest absolute Gasteiger partial charge is 0.433 e. The van der Waals surface area contributed by atoms with Crippen LogP contribution in [0.3, 0.4) is 0 Å². The summed E-state index contributed by atoms with van der Waals surface area (Å²) in [6.07, 6.45) is -4.73. The Kier molecular flexibility index (Phi) is 5.70. The monoisotopic (exact) mass is 372 g/mol. The fourth-order valence-corrected chi connectivity index (χ4v) is 1.92. The van der Waals surface area contributed by atoms with E-state index in [-0.39, 0.29) is 5.82 Å². The average Bonchev–Trinajstić information content (AvgIpc) is 2.58. The Bertz CT molecular complexity index is 777. The van der Waals surface area contributed by atoms with E-state index in [1.54, 1.807) is 6.07 Å². The van der Waals surface area contributed by atoms with Gasteiger partial charge in [-0.15, -0.1) is 0 Å². The molecule has 0 atom stereocenters. The van der Waals surface area contributed by atoms with Crippen LogP contribution in [-0.2, 0) is 11.0 Å². The molecule has 1 aromatic heterocycles. The topological polar surface area (TPSA) is 106 Å². The summed E-state index contributed by atoms with van der Waals surface area (Å²) in [4.78, 5) is 17.7. The zero-order chi connectivity index (χ0) is 19.3. The van der Waals surface area contributed by atoms with Crippen LogP contribution in [0.5, 0.6) is 11.5 Å². The van der Waals surface area contributed by atoms with Gasteiger partial charge in [0.1, 0.15) is 23.9 Å². The number of halogens is 3. The van der Waals surface area contributed by atoms with Crippen molar-refractivity contribution in [3.05, 3.63) is 30.0 Å². The van der Waals surface area contributed by atoms with Gasteiger partial charge in [0.15, 0.2) is 5.69 Å². The van der Waals surface area contributed by atoms with E-state index >= 15 is 0 Å². The molecule has 1 heterocycles. The lowest BCUT2D eigenvalue weighted by Gasteiger charge is -2.13. The number of aliphatic carboxylic acids is 1. The van der Waals surface area contributed by atoms with Crippen molar-refractivity contribution in [1.29, 1.82) is 0 Å². The summed E-state index contributed by atoms with van der Waals surface area (Å²) < 4.78 is 49.2. The molecule has 2 rings (SSSR count). The minimum absolute atomic E-state index is 0.185. The maximum atomic E-state index is 13.0. The number of ether oxygens (including phenoxy) is 2. The van der Waals surface area contributed by atoms with Gasteiger partial charge in [-0.2, -0.15) is 18.2 Å². The highest BCUT2D eigenvalue weighted by molar-refractivity contribution is 5.72. The summed E-state index contributed by atoms with van der Waals surface area (Å²) in [5.74, 6) is -1.09. The molecule has 3 N–H and O–H groups in total. The number of rotatable bonds is 7. The van der Waals surface area contributed by atoms with Crippen molar-refractivity contribution in [1.82, 2.24) is 9.97 Å². The second-order valence-electron chi connectivity index (χ2n) is 4.93. The number of nitrogens with zero attached hydrogens (tertiary/aromatic N) is 2. The average molecular weight is 372 g/mol. The molecule has 0 radical (unpaired) electrons. The Morgan fingerprint density at radius 2 is 1.73 bits per heavy atom. The van der Waals surface area contributed by atoms with E-state index in [2.05, 4.69) is 20.6 Å². The van der Waals surface area contributed by atoms with E-state index in [4.69, 9.17) is 14.6 Å². The third-order valence-corrected chi connectivity index (χ3v) is 3.04. The molecule has 0 spiro atoms. The summed E-state index contributed by atoms with van der Waals surface area (Å²) >= 11 is 0. The molecule has 0 saturated heterocycles. The summed E-state index contributed by atoms with van der Waals surface area (Å²) in [5, 5.41) is 13.6. The predicted molar refractivity (Wildman–Crippen MR) is 86.0 cm³/mol. The van der Waals surface area contributed by atoms with Crippen LogP contribution >= 0.6 is 0 Å². The van der Waals surface area contributed by atoms with Gasteiger partial charge in [-0.1, -0.05) is 0 Å². The largest absolute Gasteiger partial charge is 0.497 e. The highest BCUT2D eigenvalue weighted by Crippen LogP contribution is 2.32. The van der Waals surface area contributed by atoms with Crippen LogP contribution in [0.25, 0.3) is 0 Å². The standard InChI is InChI=1S/C15H15F3N4O4/c1-25-9-3-8(4-10(5-9)26-2)20-12-6-11(15(16,17)18)21-14(22-12)19-7-13(23)24/h3-6H,7H2,1-2H3,(H,23,24)(H2,19,20,21,22). The first kappa shape index (κ1) is 19.1. The molecule has 1 aromatic carbocycles. The SMILES string of the molecule is COc1cc(Nc2cc(C(F)(F)F)nc(NCC(=O)O)n2)cc(OC)c1. The van der Waals surface area contributed by atoms with Gasteiger partial charge >= 0.3 is 12.1 Å². The van der Waals surface area contributed by atoms with Gasteiger partial charge in [0.05, 0.1) is 14.2 Å². The van der Waals surface area contributed by atoms with Gasteiger partial charge < -0.3 is 25.2 Å². The first-order valence-corrected chi connectivity index (χ1v) is 7.13. The fourth-order valence-electron chi connectivity index (χ4n) is 1.92. The number of anilines is 3. The highest BCUT2D eigenvalue weighted by Gasteiger charge is 2.33. The molecule has 0 amide bonds. The maximum absolute atomic E-state index is 13.0. The van der Waals surface area contributed by atoms with E-state index < -0.39 is 30.3 Å². The number of alkyl halides is 3. The van der Waals surface area contributed by atoms with E-state index in [0.29, 0.717) is 23.3 Å². The molecule has 0 aliphatic heterocycles. The summed E-state index contributed by atoms with van der Waals surface area (Å²) in [5.41, 5.74) is -0.866. The zero-order valence-corrected chi connectivity index (χ0v) is 13.7. The third-order valence-electron chi connectivity index (χ3n) is 3.04. The quantitative estimate of drug-likeness (QED) is 0.681. The number of hydrogen-bond donors (Lipinski definition) is 3. The van der Waals surface area contributed by atoms with Crippen LogP contribution in [0.2, 0.25) is 0 Å². The normalized spacial score (nSPS) is 11.0. The molecule has 0 aliphatic carbocycles. The van der Waals surface area contributed by atoms with Gasteiger partial charge in [-0.3, -0.25) is 4.79 Å². The molecule has 140 valence electrons. The molecular formula is C15H15F3N4O4. The van der Waals surface area contributed by atoms with Crippen LogP contribution in [0.4, 0.5) is 30.6 Å². The van der Waals surface area contributed by atoms with Crippen molar-refractivity contribution in [2.75, 3.05) is 31.4 Å². The van der Waals surface area contributed by atoms with Gasteiger partial charge in [-0.05, 0) is 0 Å². The Morgan fingerprint density at radius 1 is 1.12 bits per heavy atom. The minimum atomic E-state index is -4.73. The zero-order valence-electron chi connectivity index (χ0n) is 13.7. The van der Waals surface area contributed by atoms with Crippen LogP contribution in [0, 0.1) is 0 Å². The van der Waals surface area contributed by atoms with Crippen LogP contribution in [0.15, 0.2) is 24.3 Å². The van der Waals surface area contributed by atoms with Gasteiger partial charge in [-0.25, -0.2) is 4.98 Å². The Morgan fingerprint density at radius 3 is 2.23 bits per heavy atom.